The highest BCUT2D eigenvalue weighted by Gasteiger charge is 2.26. The first-order valence-corrected chi connectivity index (χ1v) is 4.95. The van der Waals surface area contributed by atoms with Gasteiger partial charge in [-0.3, -0.25) is 4.79 Å². The van der Waals surface area contributed by atoms with Crippen molar-refractivity contribution in [2.24, 2.45) is 11.1 Å². The number of hydrogen-bond acceptors (Lipinski definition) is 2. The minimum absolute atomic E-state index is 0.104. The van der Waals surface area contributed by atoms with Crippen molar-refractivity contribution in [3.8, 4) is 0 Å². The summed E-state index contributed by atoms with van der Waals surface area (Å²) in [4.78, 5) is 11.7. The second kappa shape index (κ2) is 5.22. The van der Waals surface area contributed by atoms with Crippen LogP contribution >= 0.6 is 0 Å². The molecule has 0 radical (unpaired) electrons. The summed E-state index contributed by atoms with van der Waals surface area (Å²) in [6, 6.07) is 0.254. The number of nitrogens with one attached hydrogen (secondary N) is 1. The van der Waals surface area contributed by atoms with E-state index in [2.05, 4.69) is 12.2 Å². The molecule has 0 rings (SSSR count). The summed E-state index contributed by atoms with van der Waals surface area (Å²) in [7, 11) is 0. The van der Waals surface area contributed by atoms with Gasteiger partial charge in [-0.15, -0.1) is 0 Å². The lowest BCUT2D eigenvalue weighted by molar-refractivity contribution is -0.130. The number of rotatable bonds is 5. The number of nitrogens with two attached hydrogens (primary N) is 1. The van der Waals surface area contributed by atoms with Crippen molar-refractivity contribution >= 4 is 5.91 Å². The fraction of sp³-hybridized carbons (Fsp3) is 0.900. The summed E-state index contributed by atoms with van der Waals surface area (Å²) < 4.78 is 0. The largest absolute Gasteiger partial charge is 0.353 e. The van der Waals surface area contributed by atoms with Crippen molar-refractivity contribution in [3.63, 3.8) is 0 Å². The molecule has 0 aromatic carbocycles. The molecule has 1 amide bonds. The number of carbonyl (C=O) groups is 1. The van der Waals surface area contributed by atoms with Gasteiger partial charge in [0.2, 0.25) is 5.91 Å². The van der Waals surface area contributed by atoms with Crippen molar-refractivity contribution < 1.29 is 4.79 Å². The molecule has 0 saturated heterocycles. The molecule has 0 bridgehead atoms. The van der Waals surface area contributed by atoms with Crippen LogP contribution in [0, 0.1) is 5.41 Å². The minimum Gasteiger partial charge on any atom is -0.353 e. The third kappa shape index (κ3) is 4.27. The average molecular weight is 186 g/mol. The highest BCUT2D eigenvalue weighted by molar-refractivity contribution is 5.82. The zero-order valence-corrected chi connectivity index (χ0v) is 9.18. The molecular weight excluding hydrogens is 164 g/mol. The third-order valence-corrected chi connectivity index (χ3v) is 2.37. The second-order valence-electron chi connectivity index (χ2n) is 4.21. The molecule has 1 atom stereocenters. The van der Waals surface area contributed by atoms with E-state index in [1.807, 2.05) is 20.8 Å². The molecule has 78 valence electrons. The van der Waals surface area contributed by atoms with Gasteiger partial charge in [0.1, 0.15) is 0 Å². The molecule has 0 heterocycles. The van der Waals surface area contributed by atoms with Crippen molar-refractivity contribution in [1.82, 2.24) is 5.32 Å². The van der Waals surface area contributed by atoms with E-state index < -0.39 is 0 Å². The van der Waals surface area contributed by atoms with Gasteiger partial charge in [-0.2, -0.15) is 0 Å². The molecule has 13 heavy (non-hydrogen) atoms. The van der Waals surface area contributed by atoms with Gasteiger partial charge in [0.25, 0.3) is 0 Å². The van der Waals surface area contributed by atoms with Crippen LogP contribution in [0.2, 0.25) is 0 Å². The Labute approximate surface area is 81.1 Å². The smallest absolute Gasteiger partial charge is 0.225 e. The van der Waals surface area contributed by atoms with E-state index in [4.69, 9.17) is 5.73 Å². The zero-order chi connectivity index (χ0) is 10.5. The Bertz CT molecular complexity index is 166. The summed E-state index contributed by atoms with van der Waals surface area (Å²) in [6.07, 6.45) is 1.69. The minimum atomic E-state index is -0.335. The normalized spacial score (nSPS) is 13.9. The van der Waals surface area contributed by atoms with Gasteiger partial charge in [-0.05, 0) is 26.3 Å². The average Bonchev–Trinajstić information content (AvgIpc) is 2.04. The lowest BCUT2D eigenvalue weighted by Crippen LogP contribution is -2.42. The molecule has 0 aliphatic rings. The maximum Gasteiger partial charge on any atom is 0.225 e. The first-order chi connectivity index (χ1) is 5.94. The molecule has 3 nitrogen and oxygen atoms in total. The Morgan fingerprint density at radius 3 is 2.46 bits per heavy atom. The monoisotopic (exact) mass is 186 g/mol. The van der Waals surface area contributed by atoms with Gasteiger partial charge in [0.15, 0.2) is 0 Å². The van der Waals surface area contributed by atoms with Gasteiger partial charge in [-0.1, -0.05) is 20.8 Å². The van der Waals surface area contributed by atoms with Crippen LogP contribution in [-0.2, 0) is 4.79 Å². The Balaban J connectivity index is 4.08. The summed E-state index contributed by atoms with van der Waals surface area (Å²) >= 11 is 0. The van der Waals surface area contributed by atoms with Gasteiger partial charge in [0.05, 0.1) is 0 Å². The fourth-order valence-corrected chi connectivity index (χ4v) is 0.996. The molecule has 0 fully saturated rings. The van der Waals surface area contributed by atoms with Crippen molar-refractivity contribution in [2.45, 2.75) is 46.6 Å². The van der Waals surface area contributed by atoms with Crippen LogP contribution in [0.4, 0.5) is 0 Å². The maximum absolute atomic E-state index is 11.7. The Kier molecular flexibility index (Phi) is 4.99. The molecule has 0 saturated carbocycles. The van der Waals surface area contributed by atoms with Crippen LogP contribution in [0.3, 0.4) is 0 Å². The summed E-state index contributed by atoms with van der Waals surface area (Å²) in [5.41, 5.74) is 5.10. The Hall–Kier alpha value is -0.570. The fourth-order valence-electron chi connectivity index (χ4n) is 0.996. The van der Waals surface area contributed by atoms with Gasteiger partial charge in [-0.25, -0.2) is 0 Å². The third-order valence-electron chi connectivity index (χ3n) is 2.37. The molecule has 0 aromatic heterocycles. The van der Waals surface area contributed by atoms with E-state index in [-0.39, 0.29) is 17.4 Å². The standard InChI is InChI=1S/C10H22N2O/c1-5-8(2)12-9(13)10(3,4)6-7-11/h8H,5-7,11H2,1-4H3,(H,12,13). The highest BCUT2D eigenvalue weighted by Crippen LogP contribution is 2.19. The van der Waals surface area contributed by atoms with E-state index in [9.17, 15) is 4.79 Å². The van der Waals surface area contributed by atoms with Crippen LogP contribution in [0.5, 0.6) is 0 Å². The molecule has 0 aliphatic heterocycles. The summed E-state index contributed by atoms with van der Waals surface area (Å²) in [5.74, 6) is 0.104. The van der Waals surface area contributed by atoms with Crippen LogP contribution in [0.25, 0.3) is 0 Å². The van der Waals surface area contributed by atoms with E-state index in [1.165, 1.54) is 0 Å². The van der Waals surface area contributed by atoms with Crippen molar-refractivity contribution in [1.29, 1.82) is 0 Å². The van der Waals surface area contributed by atoms with Crippen molar-refractivity contribution in [3.05, 3.63) is 0 Å². The highest BCUT2D eigenvalue weighted by atomic mass is 16.2. The van der Waals surface area contributed by atoms with E-state index in [1.54, 1.807) is 0 Å². The molecule has 3 N–H and O–H groups in total. The topological polar surface area (TPSA) is 55.1 Å². The van der Waals surface area contributed by atoms with E-state index in [0.717, 1.165) is 12.8 Å². The van der Waals surface area contributed by atoms with Crippen molar-refractivity contribution in [2.75, 3.05) is 6.54 Å². The van der Waals surface area contributed by atoms with Gasteiger partial charge >= 0.3 is 0 Å². The van der Waals surface area contributed by atoms with Crippen LogP contribution in [-0.4, -0.2) is 18.5 Å². The van der Waals surface area contributed by atoms with Crippen LogP contribution in [0.15, 0.2) is 0 Å². The molecule has 3 heteroatoms. The van der Waals surface area contributed by atoms with Gasteiger partial charge in [0, 0.05) is 11.5 Å². The first-order valence-electron chi connectivity index (χ1n) is 4.95. The molecule has 0 spiro atoms. The quantitative estimate of drug-likeness (QED) is 0.679. The molecule has 0 aromatic rings. The Morgan fingerprint density at radius 1 is 1.54 bits per heavy atom. The Morgan fingerprint density at radius 2 is 2.08 bits per heavy atom. The van der Waals surface area contributed by atoms with Crippen LogP contribution in [0.1, 0.15) is 40.5 Å². The maximum atomic E-state index is 11.7. The predicted octanol–water partition coefficient (Wildman–Crippen LogP) is 1.28. The lowest BCUT2D eigenvalue weighted by Gasteiger charge is -2.24. The molecule has 1 unspecified atom stereocenters. The summed E-state index contributed by atoms with van der Waals surface area (Å²) in [6.45, 7) is 8.48. The number of amides is 1. The van der Waals surface area contributed by atoms with Gasteiger partial charge < -0.3 is 11.1 Å². The molecule has 0 aliphatic carbocycles. The lowest BCUT2D eigenvalue weighted by atomic mass is 9.88. The van der Waals surface area contributed by atoms with E-state index >= 15 is 0 Å². The number of hydrogen-bond donors (Lipinski definition) is 2. The first kappa shape index (κ1) is 12.4. The van der Waals surface area contributed by atoms with E-state index in [0.29, 0.717) is 6.54 Å². The summed E-state index contributed by atoms with van der Waals surface area (Å²) in [5, 5.41) is 2.96. The SMILES string of the molecule is CCC(C)NC(=O)C(C)(C)CCN. The molecular formula is C10H22N2O. The number of carbonyl (C=O) groups excluding carboxylic acids is 1. The second-order valence-corrected chi connectivity index (χ2v) is 4.21. The predicted molar refractivity (Wildman–Crippen MR) is 55.3 cm³/mol. The van der Waals surface area contributed by atoms with Crippen LogP contribution < -0.4 is 11.1 Å². The zero-order valence-electron chi connectivity index (χ0n) is 9.18.